The Morgan fingerprint density at radius 2 is 1.91 bits per heavy atom. The van der Waals surface area contributed by atoms with Crippen LogP contribution < -0.4 is 5.32 Å². The topological polar surface area (TPSA) is 57.8 Å². The molecule has 1 amide bonds. The molecule has 1 aromatic heterocycles. The van der Waals surface area contributed by atoms with Crippen molar-refractivity contribution in [2.45, 2.75) is 11.8 Å². The number of amides is 1. The molecular weight excluding hydrogens is 306 g/mol. The van der Waals surface area contributed by atoms with Gasteiger partial charge in [0.2, 0.25) is 0 Å². The summed E-state index contributed by atoms with van der Waals surface area (Å²) in [7, 11) is 0. The van der Waals surface area contributed by atoms with E-state index in [9.17, 15) is 4.79 Å². The van der Waals surface area contributed by atoms with Crippen LogP contribution in [0.5, 0.6) is 0 Å². The van der Waals surface area contributed by atoms with Gasteiger partial charge < -0.3 is 5.32 Å². The highest BCUT2D eigenvalue weighted by Crippen LogP contribution is 2.24. The summed E-state index contributed by atoms with van der Waals surface area (Å²) in [6.07, 6.45) is 1.72. The Labute approximate surface area is 139 Å². The van der Waals surface area contributed by atoms with Crippen molar-refractivity contribution in [3.8, 4) is 11.3 Å². The number of hydrogen-bond acceptors (Lipinski definition) is 3. The summed E-state index contributed by atoms with van der Waals surface area (Å²) >= 11 is 1.67. The Bertz CT molecular complexity index is 782. The van der Waals surface area contributed by atoms with Gasteiger partial charge in [0.1, 0.15) is 0 Å². The van der Waals surface area contributed by atoms with Gasteiger partial charge in [-0.05, 0) is 41.6 Å². The number of carbonyl (C=O) groups is 1. The van der Waals surface area contributed by atoms with Gasteiger partial charge in [0, 0.05) is 16.8 Å². The first-order valence-corrected chi connectivity index (χ1v) is 8.39. The largest absolute Gasteiger partial charge is 0.322 e. The molecule has 2 aromatic carbocycles. The van der Waals surface area contributed by atoms with Gasteiger partial charge in [-0.2, -0.15) is 5.10 Å². The lowest BCUT2D eigenvalue weighted by Gasteiger charge is -2.09. The maximum absolute atomic E-state index is 12.5. The fourth-order valence-corrected chi connectivity index (χ4v) is 3.09. The molecule has 0 aliphatic rings. The van der Waals surface area contributed by atoms with Crippen LogP contribution in [0.3, 0.4) is 0 Å². The minimum Gasteiger partial charge on any atom is -0.322 e. The van der Waals surface area contributed by atoms with E-state index in [1.807, 2.05) is 54.6 Å². The quantitative estimate of drug-likeness (QED) is 0.682. The van der Waals surface area contributed by atoms with Crippen LogP contribution in [-0.2, 0) is 0 Å². The summed E-state index contributed by atoms with van der Waals surface area (Å²) in [5.74, 6) is 0.847. The van der Waals surface area contributed by atoms with Gasteiger partial charge >= 0.3 is 0 Å². The number of anilines is 1. The molecule has 5 heteroatoms. The van der Waals surface area contributed by atoms with E-state index in [0.717, 1.165) is 27.6 Å². The van der Waals surface area contributed by atoms with Crippen LogP contribution >= 0.6 is 11.8 Å². The molecule has 0 saturated heterocycles. The summed E-state index contributed by atoms with van der Waals surface area (Å²) in [4.78, 5) is 13.5. The number of H-pyrrole nitrogens is 1. The average Bonchev–Trinajstić information content (AvgIpc) is 3.11. The lowest BCUT2D eigenvalue weighted by molar-refractivity contribution is 0.102. The molecule has 0 unspecified atom stereocenters. The minimum absolute atomic E-state index is 0.0872. The van der Waals surface area contributed by atoms with Crippen molar-refractivity contribution in [3.63, 3.8) is 0 Å². The molecule has 0 spiro atoms. The van der Waals surface area contributed by atoms with Crippen LogP contribution in [0.15, 0.2) is 65.7 Å². The second-order valence-corrected chi connectivity index (χ2v) is 6.24. The predicted octanol–water partition coefficient (Wildman–Crippen LogP) is 4.44. The zero-order valence-electron chi connectivity index (χ0n) is 12.7. The van der Waals surface area contributed by atoms with Gasteiger partial charge in [-0.15, -0.1) is 11.8 Å². The lowest BCUT2D eigenvalue weighted by Crippen LogP contribution is -2.12. The first-order chi connectivity index (χ1) is 11.3. The van der Waals surface area contributed by atoms with E-state index < -0.39 is 0 Å². The van der Waals surface area contributed by atoms with Crippen LogP contribution in [0.4, 0.5) is 5.69 Å². The third-order valence-electron chi connectivity index (χ3n) is 3.39. The van der Waals surface area contributed by atoms with E-state index in [1.54, 1.807) is 18.0 Å². The van der Waals surface area contributed by atoms with Crippen molar-refractivity contribution in [2.75, 3.05) is 11.1 Å². The van der Waals surface area contributed by atoms with Gasteiger partial charge in [-0.25, -0.2) is 0 Å². The van der Waals surface area contributed by atoms with Crippen molar-refractivity contribution in [1.82, 2.24) is 10.2 Å². The van der Waals surface area contributed by atoms with Gasteiger partial charge in [-0.1, -0.05) is 31.2 Å². The molecule has 0 fully saturated rings. The second kappa shape index (κ2) is 7.15. The molecule has 0 atom stereocenters. The highest BCUT2D eigenvalue weighted by atomic mass is 32.2. The highest BCUT2D eigenvalue weighted by molar-refractivity contribution is 7.99. The average molecular weight is 323 g/mol. The number of hydrogen-bond donors (Lipinski definition) is 2. The van der Waals surface area contributed by atoms with E-state index in [2.05, 4.69) is 22.4 Å². The van der Waals surface area contributed by atoms with E-state index in [1.165, 1.54) is 0 Å². The van der Waals surface area contributed by atoms with Crippen LogP contribution in [0.25, 0.3) is 11.3 Å². The van der Waals surface area contributed by atoms with E-state index >= 15 is 0 Å². The summed E-state index contributed by atoms with van der Waals surface area (Å²) in [6.45, 7) is 2.08. The van der Waals surface area contributed by atoms with Crippen LogP contribution in [0.2, 0.25) is 0 Å². The third-order valence-corrected chi connectivity index (χ3v) is 4.34. The summed E-state index contributed by atoms with van der Waals surface area (Å²) in [6, 6.07) is 17.3. The lowest BCUT2D eigenvalue weighted by atomic mass is 10.1. The zero-order valence-corrected chi connectivity index (χ0v) is 13.6. The molecule has 0 aliphatic carbocycles. The Morgan fingerprint density at radius 3 is 2.61 bits per heavy atom. The standard InChI is InChI=1S/C18H17N3OS/c1-2-23-17-6-4-3-5-15(17)18(22)20-14-9-7-13(8-10-14)16-11-12-19-21-16/h3-12H,2H2,1H3,(H,19,21)(H,20,22). The normalized spacial score (nSPS) is 10.5. The molecule has 2 N–H and O–H groups in total. The fourth-order valence-electron chi connectivity index (χ4n) is 2.28. The highest BCUT2D eigenvalue weighted by Gasteiger charge is 2.11. The molecule has 23 heavy (non-hydrogen) atoms. The molecule has 0 saturated carbocycles. The SMILES string of the molecule is CCSc1ccccc1C(=O)Nc1ccc(-c2ccn[nH]2)cc1. The van der Waals surface area contributed by atoms with Gasteiger partial charge in [0.05, 0.1) is 11.3 Å². The number of aromatic amines is 1. The van der Waals surface area contributed by atoms with Gasteiger partial charge in [0.15, 0.2) is 0 Å². The van der Waals surface area contributed by atoms with Crippen LogP contribution in [0, 0.1) is 0 Å². The monoisotopic (exact) mass is 323 g/mol. The maximum atomic E-state index is 12.5. The third kappa shape index (κ3) is 3.63. The predicted molar refractivity (Wildman–Crippen MR) is 94.8 cm³/mol. The van der Waals surface area contributed by atoms with E-state index in [0.29, 0.717) is 5.56 Å². The molecule has 1 heterocycles. The van der Waals surface area contributed by atoms with Crippen molar-refractivity contribution in [2.24, 2.45) is 0 Å². The number of thioether (sulfide) groups is 1. The number of aromatic nitrogens is 2. The fraction of sp³-hybridized carbons (Fsp3) is 0.111. The Hall–Kier alpha value is -2.53. The number of benzene rings is 2. The number of nitrogens with zero attached hydrogens (tertiary/aromatic N) is 1. The van der Waals surface area contributed by atoms with Crippen molar-refractivity contribution < 1.29 is 4.79 Å². The summed E-state index contributed by atoms with van der Waals surface area (Å²) in [5.41, 5.74) is 3.46. The number of rotatable bonds is 5. The van der Waals surface area contributed by atoms with E-state index in [4.69, 9.17) is 0 Å². The second-order valence-electron chi connectivity index (χ2n) is 4.93. The molecule has 0 aliphatic heterocycles. The molecule has 4 nitrogen and oxygen atoms in total. The van der Waals surface area contributed by atoms with Crippen molar-refractivity contribution in [1.29, 1.82) is 0 Å². The van der Waals surface area contributed by atoms with Gasteiger partial charge in [0.25, 0.3) is 5.91 Å². The Kier molecular flexibility index (Phi) is 4.78. The molecular formula is C18H17N3OS. The number of nitrogens with one attached hydrogen (secondary N) is 2. The summed E-state index contributed by atoms with van der Waals surface area (Å²) < 4.78 is 0. The Balaban J connectivity index is 1.75. The molecule has 116 valence electrons. The molecule has 3 aromatic rings. The van der Waals surface area contributed by atoms with Gasteiger partial charge in [-0.3, -0.25) is 9.89 Å². The first kappa shape index (κ1) is 15.4. The van der Waals surface area contributed by atoms with Crippen molar-refractivity contribution >= 4 is 23.4 Å². The smallest absolute Gasteiger partial charge is 0.256 e. The summed E-state index contributed by atoms with van der Waals surface area (Å²) in [5, 5.41) is 9.81. The van der Waals surface area contributed by atoms with Crippen molar-refractivity contribution in [3.05, 3.63) is 66.4 Å². The molecule has 0 bridgehead atoms. The minimum atomic E-state index is -0.0872. The van der Waals surface area contributed by atoms with Crippen LogP contribution in [-0.4, -0.2) is 21.9 Å². The molecule has 3 rings (SSSR count). The maximum Gasteiger partial charge on any atom is 0.256 e. The number of carbonyl (C=O) groups excluding carboxylic acids is 1. The Morgan fingerprint density at radius 1 is 1.13 bits per heavy atom. The molecule has 0 radical (unpaired) electrons. The first-order valence-electron chi connectivity index (χ1n) is 7.41. The van der Waals surface area contributed by atoms with Crippen LogP contribution in [0.1, 0.15) is 17.3 Å². The zero-order chi connectivity index (χ0) is 16.1. The van der Waals surface area contributed by atoms with E-state index in [-0.39, 0.29) is 5.91 Å².